The first-order valence-electron chi connectivity index (χ1n) is 5.55. The molecule has 0 aliphatic heterocycles. The van der Waals surface area contributed by atoms with Crippen molar-refractivity contribution in [2.75, 3.05) is 11.4 Å². The second-order valence-electron chi connectivity index (χ2n) is 3.98. The van der Waals surface area contributed by atoms with Crippen LogP contribution in [0.15, 0.2) is 12.4 Å². The van der Waals surface area contributed by atoms with Gasteiger partial charge in [0, 0.05) is 28.6 Å². The lowest BCUT2D eigenvalue weighted by Gasteiger charge is -2.21. The molecule has 3 nitrogen and oxygen atoms in total. The highest BCUT2D eigenvalue weighted by molar-refractivity contribution is 14.1. The van der Waals surface area contributed by atoms with E-state index in [1.165, 1.54) is 25.7 Å². The Labute approximate surface area is 104 Å². The van der Waals surface area contributed by atoms with E-state index in [9.17, 15) is 0 Å². The minimum absolute atomic E-state index is 0.705. The summed E-state index contributed by atoms with van der Waals surface area (Å²) in [4.78, 5) is 11.2. The summed E-state index contributed by atoms with van der Waals surface area (Å²) in [6.07, 6.45) is 8.85. The zero-order valence-electron chi connectivity index (χ0n) is 8.99. The summed E-state index contributed by atoms with van der Waals surface area (Å²) in [6, 6.07) is 0.705. The summed E-state index contributed by atoms with van der Waals surface area (Å²) in [6.45, 7) is 3.32. The van der Waals surface area contributed by atoms with Crippen LogP contribution >= 0.6 is 22.6 Å². The summed E-state index contributed by atoms with van der Waals surface area (Å²) in [5, 5.41) is 0. The monoisotopic (exact) mass is 317 g/mol. The maximum Gasteiger partial charge on any atom is 0.225 e. The fraction of sp³-hybridized carbons (Fsp3) is 0.636. The van der Waals surface area contributed by atoms with Gasteiger partial charge in [0.2, 0.25) is 5.95 Å². The predicted molar refractivity (Wildman–Crippen MR) is 70.0 cm³/mol. The Kier molecular flexibility index (Phi) is 3.77. The Morgan fingerprint density at radius 2 is 2.07 bits per heavy atom. The Balaban J connectivity index is 2.06. The molecule has 0 amide bonds. The number of aromatic nitrogens is 2. The maximum atomic E-state index is 4.40. The van der Waals surface area contributed by atoms with Crippen LogP contribution in [0.4, 0.5) is 5.95 Å². The number of rotatable bonds is 5. The molecular weight excluding hydrogens is 301 g/mol. The zero-order chi connectivity index (χ0) is 10.7. The van der Waals surface area contributed by atoms with Crippen molar-refractivity contribution in [2.24, 2.45) is 0 Å². The Morgan fingerprint density at radius 1 is 1.40 bits per heavy atom. The van der Waals surface area contributed by atoms with Crippen molar-refractivity contribution in [2.45, 2.75) is 38.6 Å². The normalized spacial score (nSPS) is 15.3. The van der Waals surface area contributed by atoms with Gasteiger partial charge in [0.25, 0.3) is 0 Å². The van der Waals surface area contributed by atoms with Crippen molar-refractivity contribution in [3.05, 3.63) is 16.0 Å². The number of hydrogen-bond acceptors (Lipinski definition) is 3. The lowest BCUT2D eigenvalue weighted by atomic mass is 10.3. The van der Waals surface area contributed by atoms with Crippen molar-refractivity contribution >= 4 is 28.5 Å². The van der Waals surface area contributed by atoms with Crippen LogP contribution in [0.5, 0.6) is 0 Å². The van der Waals surface area contributed by atoms with Gasteiger partial charge in [-0.2, -0.15) is 0 Å². The first kappa shape index (κ1) is 11.1. The molecule has 4 heteroatoms. The van der Waals surface area contributed by atoms with Gasteiger partial charge < -0.3 is 4.90 Å². The third-order valence-electron chi connectivity index (χ3n) is 2.60. The molecule has 2 rings (SSSR count). The highest BCUT2D eigenvalue weighted by atomic mass is 127. The molecular formula is C11H16IN3. The maximum absolute atomic E-state index is 4.40. The fourth-order valence-corrected chi connectivity index (χ4v) is 1.89. The minimum Gasteiger partial charge on any atom is -0.338 e. The van der Waals surface area contributed by atoms with Crippen LogP contribution in [0.1, 0.15) is 32.6 Å². The molecule has 1 fully saturated rings. The zero-order valence-corrected chi connectivity index (χ0v) is 11.1. The van der Waals surface area contributed by atoms with E-state index >= 15 is 0 Å². The van der Waals surface area contributed by atoms with Gasteiger partial charge in [-0.1, -0.05) is 13.3 Å². The molecule has 0 atom stereocenters. The number of nitrogens with zero attached hydrogens (tertiary/aromatic N) is 3. The lowest BCUT2D eigenvalue weighted by Crippen LogP contribution is -2.28. The smallest absolute Gasteiger partial charge is 0.225 e. The van der Waals surface area contributed by atoms with E-state index < -0.39 is 0 Å². The van der Waals surface area contributed by atoms with Gasteiger partial charge in [-0.25, -0.2) is 9.97 Å². The van der Waals surface area contributed by atoms with E-state index in [0.717, 1.165) is 16.1 Å². The molecule has 15 heavy (non-hydrogen) atoms. The van der Waals surface area contributed by atoms with Crippen molar-refractivity contribution < 1.29 is 0 Å². The highest BCUT2D eigenvalue weighted by Crippen LogP contribution is 2.29. The molecule has 82 valence electrons. The van der Waals surface area contributed by atoms with Crippen LogP contribution in [0.25, 0.3) is 0 Å². The topological polar surface area (TPSA) is 29.0 Å². The van der Waals surface area contributed by atoms with Gasteiger partial charge in [0.1, 0.15) is 0 Å². The second kappa shape index (κ2) is 5.09. The molecule has 0 bridgehead atoms. The third kappa shape index (κ3) is 3.03. The quantitative estimate of drug-likeness (QED) is 0.782. The van der Waals surface area contributed by atoms with E-state index in [0.29, 0.717) is 6.04 Å². The predicted octanol–water partition coefficient (Wildman–Crippen LogP) is 2.85. The van der Waals surface area contributed by atoms with Crippen molar-refractivity contribution in [1.82, 2.24) is 9.97 Å². The first-order valence-corrected chi connectivity index (χ1v) is 6.63. The highest BCUT2D eigenvalue weighted by Gasteiger charge is 2.30. The largest absolute Gasteiger partial charge is 0.338 e. The summed E-state index contributed by atoms with van der Waals surface area (Å²) < 4.78 is 1.10. The SMILES string of the molecule is CCCCN(c1ncc(I)cn1)C1CC1. The molecule has 0 spiro atoms. The second-order valence-corrected chi connectivity index (χ2v) is 5.23. The lowest BCUT2D eigenvalue weighted by molar-refractivity contribution is 0.694. The average molecular weight is 317 g/mol. The number of halogens is 1. The Bertz CT molecular complexity index is 308. The van der Waals surface area contributed by atoms with E-state index in [1.807, 2.05) is 12.4 Å². The number of hydrogen-bond donors (Lipinski definition) is 0. The summed E-state index contributed by atoms with van der Waals surface area (Å²) in [5.41, 5.74) is 0. The van der Waals surface area contributed by atoms with Gasteiger partial charge in [-0.15, -0.1) is 0 Å². The molecule has 1 aromatic rings. The van der Waals surface area contributed by atoms with Crippen LogP contribution in [0.2, 0.25) is 0 Å². The van der Waals surface area contributed by atoms with E-state index in [-0.39, 0.29) is 0 Å². The standard InChI is InChI=1S/C11H16IN3/c1-2-3-6-15(10-4-5-10)11-13-7-9(12)8-14-11/h7-8,10H,2-6H2,1H3. The molecule has 1 aromatic heterocycles. The molecule has 0 saturated heterocycles. The Morgan fingerprint density at radius 3 is 2.60 bits per heavy atom. The van der Waals surface area contributed by atoms with Crippen molar-refractivity contribution in [1.29, 1.82) is 0 Å². The minimum atomic E-state index is 0.705. The van der Waals surface area contributed by atoms with Crippen LogP contribution in [-0.2, 0) is 0 Å². The molecule has 0 radical (unpaired) electrons. The van der Waals surface area contributed by atoms with Crippen LogP contribution in [-0.4, -0.2) is 22.6 Å². The molecule has 1 heterocycles. The molecule has 0 unspecified atom stereocenters. The summed E-state index contributed by atoms with van der Waals surface area (Å²) in [7, 11) is 0. The van der Waals surface area contributed by atoms with Gasteiger partial charge in [0.05, 0.1) is 0 Å². The van der Waals surface area contributed by atoms with E-state index in [2.05, 4.69) is 44.4 Å². The molecule has 1 saturated carbocycles. The number of anilines is 1. The van der Waals surface area contributed by atoms with Crippen molar-refractivity contribution in [3.8, 4) is 0 Å². The van der Waals surface area contributed by atoms with Crippen molar-refractivity contribution in [3.63, 3.8) is 0 Å². The fourth-order valence-electron chi connectivity index (χ4n) is 1.61. The van der Waals surface area contributed by atoms with Crippen LogP contribution in [0, 0.1) is 3.57 Å². The van der Waals surface area contributed by atoms with Gasteiger partial charge in [-0.05, 0) is 41.9 Å². The molecule has 0 N–H and O–H groups in total. The first-order chi connectivity index (χ1) is 7.31. The summed E-state index contributed by atoms with van der Waals surface area (Å²) >= 11 is 2.24. The molecule has 0 aromatic carbocycles. The third-order valence-corrected chi connectivity index (χ3v) is 3.16. The van der Waals surface area contributed by atoms with Gasteiger partial charge in [-0.3, -0.25) is 0 Å². The van der Waals surface area contributed by atoms with Crippen LogP contribution in [0.3, 0.4) is 0 Å². The Hall–Kier alpha value is -0.390. The number of unbranched alkanes of at least 4 members (excludes halogenated alkanes) is 1. The van der Waals surface area contributed by atoms with Crippen LogP contribution < -0.4 is 4.90 Å². The molecule has 1 aliphatic carbocycles. The van der Waals surface area contributed by atoms with Gasteiger partial charge >= 0.3 is 0 Å². The van der Waals surface area contributed by atoms with E-state index in [4.69, 9.17) is 0 Å². The molecule has 1 aliphatic rings. The average Bonchev–Trinajstić information content (AvgIpc) is 3.05. The summed E-state index contributed by atoms with van der Waals surface area (Å²) in [5.74, 6) is 0.909. The van der Waals surface area contributed by atoms with E-state index in [1.54, 1.807) is 0 Å². The van der Waals surface area contributed by atoms with Gasteiger partial charge in [0.15, 0.2) is 0 Å².